The number of hydrogen-bond donors (Lipinski definition) is 0. The first-order chi connectivity index (χ1) is 17.7. The van der Waals surface area contributed by atoms with Gasteiger partial charge in [0.25, 0.3) is 5.56 Å². The molecule has 0 unspecified atom stereocenters. The first-order valence-corrected chi connectivity index (χ1v) is 13.9. The van der Waals surface area contributed by atoms with E-state index < -0.39 is 12.0 Å². The van der Waals surface area contributed by atoms with E-state index in [0.29, 0.717) is 42.7 Å². The Hall–Kier alpha value is -2.63. The number of thiazole rings is 1. The number of esters is 1. The predicted octanol–water partition coefficient (Wildman–Crippen LogP) is 4.85. The molecule has 0 spiro atoms. The number of carbonyl (C=O) groups excluding carboxylic acids is 1. The van der Waals surface area contributed by atoms with Crippen LogP contribution in [0.2, 0.25) is 5.02 Å². The Kier molecular flexibility index (Phi) is 8.45. The van der Waals surface area contributed by atoms with Crippen molar-refractivity contribution in [3.8, 4) is 11.5 Å². The second-order valence-corrected chi connectivity index (χ2v) is 11.2. The lowest BCUT2D eigenvalue weighted by Crippen LogP contribution is -2.40. The zero-order valence-electron chi connectivity index (χ0n) is 21.0. The average molecular weight is 653 g/mol. The minimum Gasteiger partial charge on any atom is -0.493 e. The number of fused-ring (bicyclic) bond motifs is 1. The van der Waals surface area contributed by atoms with E-state index in [0.717, 1.165) is 3.57 Å². The van der Waals surface area contributed by atoms with Gasteiger partial charge in [-0.05, 0) is 80.1 Å². The average Bonchev–Trinajstić information content (AvgIpc) is 3.14. The Morgan fingerprint density at radius 1 is 1.30 bits per heavy atom. The fourth-order valence-electron chi connectivity index (χ4n) is 4.13. The van der Waals surface area contributed by atoms with Gasteiger partial charge in [0.15, 0.2) is 16.3 Å². The predicted molar refractivity (Wildman–Crippen MR) is 153 cm³/mol. The summed E-state index contributed by atoms with van der Waals surface area (Å²) >= 11 is 10.0. The molecule has 0 amide bonds. The summed E-state index contributed by atoms with van der Waals surface area (Å²) in [7, 11) is 1.58. The van der Waals surface area contributed by atoms with Crippen LogP contribution in [0.1, 0.15) is 44.9 Å². The Morgan fingerprint density at radius 2 is 2.03 bits per heavy atom. The molecule has 7 nitrogen and oxygen atoms in total. The first-order valence-electron chi connectivity index (χ1n) is 11.6. The largest absolute Gasteiger partial charge is 0.493 e. The molecule has 0 N–H and O–H groups in total. The quantitative estimate of drug-likeness (QED) is 0.270. The third-order valence-corrected chi connectivity index (χ3v) is 7.58. The van der Waals surface area contributed by atoms with Crippen LogP contribution in [0.3, 0.4) is 0 Å². The molecule has 0 bridgehead atoms. The van der Waals surface area contributed by atoms with Gasteiger partial charge in [0.2, 0.25) is 0 Å². The van der Waals surface area contributed by atoms with E-state index in [4.69, 9.17) is 25.8 Å². The molecule has 4 rings (SSSR count). The number of rotatable bonds is 7. The third kappa shape index (κ3) is 5.49. The molecule has 10 heteroatoms. The zero-order chi connectivity index (χ0) is 26.9. The molecular formula is C27H26ClIN2O5S. The molecule has 0 fully saturated rings. The van der Waals surface area contributed by atoms with Crippen LogP contribution in [0.4, 0.5) is 0 Å². The van der Waals surface area contributed by atoms with Crippen molar-refractivity contribution < 1.29 is 19.0 Å². The molecule has 1 aromatic heterocycles. The first kappa shape index (κ1) is 27.4. The number of ether oxygens (including phenoxy) is 3. The molecule has 2 heterocycles. The highest BCUT2D eigenvalue weighted by atomic mass is 127. The van der Waals surface area contributed by atoms with E-state index in [1.54, 1.807) is 45.2 Å². The molecule has 1 atom stereocenters. The van der Waals surface area contributed by atoms with Gasteiger partial charge in [-0.2, -0.15) is 0 Å². The molecule has 3 aromatic rings. The smallest absolute Gasteiger partial charge is 0.338 e. The Morgan fingerprint density at radius 3 is 2.68 bits per heavy atom. The van der Waals surface area contributed by atoms with Gasteiger partial charge in [-0.25, -0.2) is 9.79 Å². The maximum Gasteiger partial charge on any atom is 0.338 e. The van der Waals surface area contributed by atoms with Crippen LogP contribution in [-0.2, 0) is 9.53 Å². The second kappa shape index (κ2) is 11.4. The maximum atomic E-state index is 13.9. The van der Waals surface area contributed by atoms with Crippen molar-refractivity contribution in [1.29, 1.82) is 0 Å². The topological polar surface area (TPSA) is 79.1 Å². The van der Waals surface area contributed by atoms with Crippen LogP contribution < -0.4 is 24.4 Å². The summed E-state index contributed by atoms with van der Waals surface area (Å²) in [6, 6.07) is 10.2. The molecule has 0 saturated carbocycles. The van der Waals surface area contributed by atoms with Crippen LogP contribution in [0.25, 0.3) is 6.08 Å². The maximum absolute atomic E-state index is 13.9. The molecule has 0 radical (unpaired) electrons. The molecule has 1 aliphatic heterocycles. The van der Waals surface area contributed by atoms with Crippen LogP contribution in [-0.4, -0.2) is 30.4 Å². The highest BCUT2D eigenvalue weighted by molar-refractivity contribution is 14.1. The van der Waals surface area contributed by atoms with Crippen LogP contribution >= 0.6 is 45.5 Å². The summed E-state index contributed by atoms with van der Waals surface area (Å²) in [5.74, 6) is 0.599. The van der Waals surface area contributed by atoms with Crippen LogP contribution in [0.5, 0.6) is 11.5 Å². The molecule has 1 aliphatic rings. The fraction of sp³-hybridized carbons (Fsp3) is 0.296. The number of hydrogen-bond acceptors (Lipinski definition) is 7. The highest BCUT2D eigenvalue weighted by Gasteiger charge is 2.34. The van der Waals surface area contributed by atoms with E-state index in [1.807, 2.05) is 32.0 Å². The van der Waals surface area contributed by atoms with Gasteiger partial charge in [-0.1, -0.05) is 41.1 Å². The molecule has 0 saturated heterocycles. The number of methoxy groups -OCH3 is 1. The Balaban J connectivity index is 2.00. The van der Waals surface area contributed by atoms with Crippen molar-refractivity contribution in [2.24, 2.45) is 4.99 Å². The highest BCUT2D eigenvalue weighted by Crippen LogP contribution is 2.36. The van der Waals surface area contributed by atoms with Gasteiger partial charge in [0.1, 0.15) is 6.04 Å². The fourth-order valence-corrected chi connectivity index (χ4v) is 6.03. The molecule has 0 aliphatic carbocycles. The van der Waals surface area contributed by atoms with Crippen molar-refractivity contribution in [3.63, 3.8) is 0 Å². The van der Waals surface area contributed by atoms with Crippen molar-refractivity contribution in [2.45, 2.75) is 39.8 Å². The van der Waals surface area contributed by atoms with E-state index in [-0.39, 0.29) is 23.8 Å². The van der Waals surface area contributed by atoms with E-state index in [1.165, 1.54) is 15.9 Å². The van der Waals surface area contributed by atoms with Gasteiger partial charge < -0.3 is 14.2 Å². The van der Waals surface area contributed by atoms with Gasteiger partial charge in [0.05, 0.1) is 35.6 Å². The SMILES string of the molecule is CCOC(=O)C1=C(C)N=c2s/c(=C\c3cc(I)cc(OC)c3OC(C)C)c(=O)n2[C@@H]1c1ccccc1Cl. The van der Waals surface area contributed by atoms with Gasteiger partial charge >= 0.3 is 5.97 Å². The monoisotopic (exact) mass is 652 g/mol. The molecule has 194 valence electrons. The minimum atomic E-state index is -0.775. The summed E-state index contributed by atoms with van der Waals surface area (Å²) in [5, 5.41) is 0.438. The minimum absolute atomic E-state index is 0.0997. The molecule has 2 aromatic carbocycles. The van der Waals surface area contributed by atoms with Crippen molar-refractivity contribution in [2.75, 3.05) is 13.7 Å². The van der Waals surface area contributed by atoms with E-state index >= 15 is 0 Å². The lowest BCUT2D eigenvalue weighted by Gasteiger charge is -2.25. The Bertz CT molecular complexity index is 1570. The van der Waals surface area contributed by atoms with Gasteiger partial charge in [-0.15, -0.1) is 0 Å². The summed E-state index contributed by atoms with van der Waals surface area (Å²) in [4.78, 5) is 32.0. The Labute approximate surface area is 237 Å². The number of nitrogens with zero attached hydrogens (tertiary/aromatic N) is 2. The molecule has 37 heavy (non-hydrogen) atoms. The normalized spacial score (nSPS) is 15.5. The van der Waals surface area contributed by atoms with Gasteiger partial charge in [0, 0.05) is 14.2 Å². The summed E-state index contributed by atoms with van der Waals surface area (Å²) in [5.41, 5.74) is 1.80. The van der Waals surface area contributed by atoms with Crippen molar-refractivity contribution in [3.05, 3.63) is 87.1 Å². The number of aromatic nitrogens is 1. The molecular weight excluding hydrogens is 627 g/mol. The van der Waals surface area contributed by atoms with Crippen molar-refractivity contribution in [1.82, 2.24) is 4.57 Å². The third-order valence-electron chi connectivity index (χ3n) is 5.63. The zero-order valence-corrected chi connectivity index (χ0v) is 24.7. The second-order valence-electron chi connectivity index (χ2n) is 8.52. The standard InChI is InChI=1S/C27H26ClIN2O5S/c1-6-35-26(33)22-15(4)30-27-31(23(22)18-9-7-8-10-19(18)28)25(32)21(37-27)12-16-11-17(29)13-20(34-5)24(16)36-14(2)3/h7-14,23H,6H2,1-5H3/b21-12-/t23-/m1/s1. The van der Waals surface area contributed by atoms with Crippen LogP contribution in [0, 0.1) is 3.57 Å². The summed E-state index contributed by atoms with van der Waals surface area (Å²) < 4.78 is 19.8. The number of carbonyl (C=O) groups is 1. The van der Waals surface area contributed by atoms with E-state index in [2.05, 4.69) is 27.6 Å². The summed E-state index contributed by atoms with van der Waals surface area (Å²) in [6.07, 6.45) is 1.68. The number of halogens is 2. The summed E-state index contributed by atoms with van der Waals surface area (Å²) in [6.45, 7) is 7.53. The lowest BCUT2D eigenvalue weighted by atomic mass is 9.96. The van der Waals surface area contributed by atoms with Gasteiger partial charge in [-0.3, -0.25) is 9.36 Å². The number of benzene rings is 2. The van der Waals surface area contributed by atoms with Crippen molar-refractivity contribution >= 4 is 57.6 Å². The number of allylic oxidation sites excluding steroid dienone is 1. The van der Waals surface area contributed by atoms with E-state index in [9.17, 15) is 9.59 Å². The lowest BCUT2D eigenvalue weighted by molar-refractivity contribution is -0.139. The van der Waals surface area contributed by atoms with Crippen LogP contribution in [0.15, 0.2) is 57.5 Å².